The average molecular weight is 406 g/mol. The van der Waals surface area contributed by atoms with Crippen molar-refractivity contribution in [2.45, 2.75) is 20.4 Å². The number of aryl methyl sites for hydroxylation is 1. The number of carbonyl (C=O) groups excluding carboxylic acids is 1. The van der Waals surface area contributed by atoms with Gasteiger partial charge in [-0.3, -0.25) is 14.9 Å². The first-order valence-electron chi connectivity index (χ1n) is 9.07. The highest BCUT2D eigenvalue weighted by Gasteiger charge is 2.20. The first kappa shape index (κ1) is 22.1. The van der Waals surface area contributed by atoms with Gasteiger partial charge in [-0.05, 0) is 37.6 Å². The van der Waals surface area contributed by atoms with E-state index < -0.39 is 10.7 Å². The van der Waals surface area contributed by atoms with Crippen LogP contribution in [0.15, 0.2) is 30.3 Å². The van der Waals surface area contributed by atoms with Crippen LogP contribution in [-0.2, 0) is 11.3 Å². The van der Waals surface area contributed by atoms with Crippen LogP contribution in [0.1, 0.15) is 18.1 Å². The SMILES string of the molecule is CC[NH+](CC(=O)Nc1cc(OC)c([N+](=O)[O-])cc1C)Cc1ccc(OC)c(F)c1. The van der Waals surface area contributed by atoms with Crippen LogP contribution in [0.2, 0.25) is 0 Å². The van der Waals surface area contributed by atoms with Crippen LogP contribution < -0.4 is 19.7 Å². The first-order valence-corrected chi connectivity index (χ1v) is 9.07. The van der Waals surface area contributed by atoms with E-state index >= 15 is 0 Å². The lowest BCUT2D eigenvalue weighted by Gasteiger charge is -2.18. The molecule has 29 heavy (non-hydrogen) atoms. The van der Waals surface area contributed by atoms with Crippen molar-refractivity contribution in [2.75, 3.05) is 32.6 Å². The summed E-state index contributed by atoms with van der Waals surface area (Å²) in [6.45, 7) is 4.88. The van der Waals surface area contributed by atoms with Crippen molar-refractivity contribution in [2.24, 2.45) is 0 Å². The molecule has 0 aromatic heterocycles. The van der Waals surface area contributed by atoms with E-state index in [-0.39, 0.29) is 29.6 Å². The van der Waals surface area contributed by atoms with Crippen molar-refractivity contribution in [1.82, 2.24) is 0 Å². The van der Waals surface area contributed by atoms with Gasteiger partial charge >= 0.3 is 5.69 Å². The van der Waals surface area contributed by atoms with Gasteiger partial charge in [0.15, 0.2) is 23.9 Å². The zero-order valence-corrected chi connectivity index (χ0v) is 16.9. The quantitative estimate of drug-likeness (QED) is 0.491. The van der Waals surface area contributed by atoms with Crippen LogP contribution in [0.3, 0.4) is 0 Å². The fourth-order valence-corrected chi connectivity index (χ4v) is 2.96. The topological polar surface area (TPSA) is 95.1 Å². The summed E-state index contributed by atoms with van der Waals surface area (Å²) in [4.78, 5) is 24.0. The molecule has 1 atom stereocenters. The van der Waals surface area contributed by atoms with E-state index in [0.717, 1.165) is 10.5 Å². The Balaban J connectivity index is 2.08. The number of nitro groups is 1. The molecule has 0 radical (unpaired) electrons. The number of halogens is 1. The molecule has 8 nitrogen and oxygen atoms in total. The average Bonchev–Trinajstić information content (AvgIpc) is 2.68. The van der Waals surface area contributed by atoms with E-state index in [9.17, 15) is 19.3 Å². The van der Waals surface area contributed by atoms with E-state index in [2.05, 4.69) is 5.32 Å². The Labute approximate surface area is 168 Å². The number of anilines is 1. The van der Waals surface area contributed by atoms with Gasteiger partial charge in [-0.25, -0.2) is 4.39 Å². The molecule has 2 N–H and O–H groups in total. The molecule has 0 aliphatic heterocycles. The third-order valence-corrected chi connectivity index (χ3v) is 4.58. The summed E-state index contributed by atoms with van der Waals surface area (Å²) in [6, 6.07) is 7.53. The molecule has 0 aliphatic rings. The van der Waals surface area contributed by atoms with Gasteiger partial charge in [0.05, 0.1) is 25.7 Å². The maximum atomic E-state index is 13.9. The lowest BCUT2D eigenvalue weighted by atomic mass is 10.1. The van der Waals surface area contributed by atoms with Gasteiger partial charge in [-0.1, -0.05) is 0 Å². The summed E-state index contributed by atoms with van der Waals surface area (Å²) < 4.78 is 23.9. The number of likely N-dealkylation sites (N-methyl/N-ethyl adjacent to an activating group) is 1. The van der Waals surface area contributed by atoms with E-state index in [4.69, 9.17) is 9.47 Å². The van der Waals surface area contributed by atoms with Gasteiger partial charge in [-0.15, -0.1) is 0 Å². The highest BCUT2D eigenvalue weighted by atomic mass is 19.1. The molecule has 1 amide bonds. The molecule has 0 heterocycles. The molecule has 0 bridgehead atoms. The lowest BCUT2D eigenvalue weighted by molar-refractivity contribution is -0.903. The molecule has 2 rings (SSSR count). The Morgan fingerprint density at radius 1 is 1.21 bits per heavy atom. The van der Waals surface area contributed by atoms with Gasteiger partial charge in [0.25, 0.3) is 5.91 Å². The molecule has 0 saturated heterocycles. The molecule has 156 valence electrons. The van der Waals surface area contributed by atoms with E-state index in [1.807, 2.05) is 6.92 Å². The van der Waals surface area contributed by atoms with Crippen LogP contribution in [0, 0.1) is 22.9 Å². The van der Waals surface area contributed by atoms with Crippen LogP contribution in [-0.4, -0.2) is 38.1 Å². The summed E-state index contributed by atoms with van der Waals surface area (Å²) in [5.41, 5.74) is 1.59. The summed E-state index contributed by atoms with van der Waals surface area (Å²) >= 11 is 0. The first-order chi connectivity index (χ1) is 13.8. The van der Waals surface area contributed by atoms with Gasteiger partial charge in [0.2, 0.25) is 0 Å². The number of nitrogens with one attached hydrogen (secondary N) is 2. The minimum atomic E-state index is -0.533. The van der Waals surface area contributed by atoms with Crippen LogP contribution in [0.4, 0.5) is 15.8 Å². The maximum Gasteiger partial charge on any atom is 0.311 e. The number of hydrogen-bond acceptors (Lipinski definition) is 5. The monoisotopic (exact) mass is 406 g/mol. The fourth-order valence-electron chi connectivity index (χ4n) is 2.96. The zero-order chi connectivity index (χ0) is 21.6. The second-order valence-electron chi connectivity index (χ2n) is 6.57. The Hall–Kier alpha value is -3.20. The predicted octanol–water partition coefficient (Wildman–Crippen LogP) is 2.10. The Morgan fingerprint density at radius 2 is 1.90 bits per heavy atom. The summed E-state index contributed by atoms with van der Waals surface area (Å²) in [5, 5.41) is 13.9. The third-order valence-electron chi connectivity index (χ3n) is 4.58. The van der Waals surface area contributed by atoms with E-state index in [0.29, 0.717) is 24.3 Å². The number of amides is 1. The van der Waals surface area contributed by atoms with Gasteiger partial charge < -0.3 is 19.7 Å². The van der Waals surface area contributed by atoms with Gasteiger partial charge in [0, 0.05) is 23.4 Å². The predicted molar refractivity (Wildman–Crippen MR) is 106 cm³/mol. The fraction of sp³-hybridized carbons (Fsp3) is 0.350. The highest BCUT2D eigenvalue weighted by Crippen LogP contribution is 2.32. The number of methoxy groups -OCH3 is 2. The molecule has 9 heteroatoms. The molecular weight excluding hydrogens is 381 g/mol. The molecular formula is C20H25FN3O5+. The number of rotatable bonds is 9. The van der Waals surface area contributed by atoms with Gasteiger partial charge in [-0.2, -0.15) is 0 Å². The van der Waals surface area contributed by atoms with Crippen molar-refractivity contribution in [3.63, 3.8) is 0 Å². The largest absolute Gasteiger partial charge is 0.494 e. The van der Waals surface area contributed by atoms with Gasteiger partial charge in [0.1, 0.15) is 6.54 Å². The second kappa shape index (κ2) is 9.83. The number of quaternary nitrogens is 1. The number of nitro benzene ring substituents is 1. The third kappa shape index (κ3) is 5.64. The molecule has 0 saturated carbocycles. The molecule has 0 fully saturated rings. The van der Waals surface area contributed by atoms with E-state index in [1.165, 1.54) is 32.4 Å². The smallest absolute Gasteiger partial charge is 0.311 e. The minimum Gasteiger partial charge on any atom is -0.494 e. The second-order valence-corrected chi connectivity index (χ2v) is 6.57. The van der Waals surface area contributed by atoms with Crippen molar-refractivity contribution in [3.05, 3.63) is 57.4 Å². The molecule has 2 aromatic carbocycles. The normalized spacial score (nSPS) is 11.6. The maximum absolute atomic E-state index is 13.9. The summed E-state index contributed by atoms with van der Waals surface area (Å²) in [6.07, 6.45) is 0. The Bertz CT molecular complexity index is 904. The van der Waals surface area contributed by atoms with Crippen molar-refractivity contribution in [3.8, 4) is 11.5 Å². The molecule has 0 spiro atoms. The van der Waals surface area contributed by atoms with Crippen LogP contribution in [0.5, 0.6) is 11.5 Å². The molecule has 2 aromatic rings. The Kier molecular flexibility index (Phi) is 7.49. The number of hydrogen-bond donors (Lipinski definition) is 2. The number of carbonyl (C=O) groups is 1. The molecule has 0 aliphatic carbocycles. The van der Waals surface area contributed by atoms with Crippen molar-refractivity contribution >= 4 is 17.3 Å². The minimum absolute atomic E-state index is 0.0734. The highest BCUT2D eigenvalue weighted by molar-refractivity contribution is 5.92. The number of benzene rings is 2. The zero-order valence-electron chi connectivity index (χ0n) is 16.9. The molecule has 1 unspecified atom stereocenters. The van der Waals surface area contributed by atoms with Crippen molar-refractivity contribution < 1.29 is 28.5 Å². The van der Waals surface area contributed by atoms with E-state index in [1.54, 1.807) is 19.1 Å². The Morgan fingerprint density at radius 3 is 2.45 bits per heavy atom. The van der Waals surface area contributed by atoms with Crippen molar-refractivity contribution in [1.29, 1.82) is 0 Å². The van der Waals surface area contributed by atoms with Crippen LogP contribution >= 0.6 is 0 Å². The standard InChI is InChI=1S/C20H24FN3O5/c1-5-23(11-14-6-7-18(28-3)15(21)9-14)12-20(25)22-16-10-19(29-4)17(24(26)27)8-13(16)2/h6-10H,5,11-12H2,1-4H3,(H,22,25)/p+1. The number of ether oxygens (including phenoxy) is 2. The van der Waals surface area contributed by atoms with Crippen LogP contribution in [0.25, 0.3) is 0 Å². The lowest BCUT2D eigenvalue weighted by Crippen LogP contribution is -3.11. The summed E-state index contributed by atoms with van der Waals surface area (Å²) in [5.74, 6) is -0.454. The summed E-state index contributed by atoms with van der Waals surface area (Å²) in [7, 11) is 2.74. The number of nitrogens with zero attached hydrogens (tertiary/aromatic N) is 1.